The van der Waals surface area contributed by atoms with Gasteiger partial charge in [0, 0.05) is 27.9 Å². The Morgan fingerprint density at radius 1 is 0.967 bits per heavy atom. The molecule has 0 unspecified atom stereocenters. The van der Waals surface area contributed by atoms with E-state index in [9.17, 15) is 9.18 Å². The summed E-state index contributed by atoms with van der Waals surface area (Å²) in [5, 5.41) is 7.21. The molecule has 1 N–H and O–H groups in total. The smallest absolute Gasteiger partial charge is 0.271 e. The van der Waals surface area contributed by atoms with E-state index in [4.69, 9.17) is 4.98 Å². The Morgan fingerprint density at radius 3 is 2.73 bits per heavy atom. The molecule has 0 bridgehead atoms. The van der Waals surface area contributed by atoms with E-state index in [2.05, 4.69) is 21.4 Å². The minimum Gasteiger partial charge on any atom is -0.345 e. The number of para-hydroxylation sites is 1. The number of hydrogen-bond acceptors (Lipinski definition) is 5. The van der Waals surface area contributed by atoms with Gasteiger partial charge in [-0.2, -0.15) is 0 Å². The lowest BCUT2D eigenvalue weighted by Gasteiger charge is -2.04. The molecule has 7 heteroatoms. The van der Waals surface area contributed by atoms with E-state index in [1.165, 1.54) is 29.7 Å². The molecule has 0 fully saturated rings. The van der Waals surface area contributed by atoms with E-state index in [-0.39, 0.29) is 23.8 Å². The van der Waals surface area contributed by atoms with Crippen molar-refractivity contribution in [1.82, 2.24) is 20.3 Å². The van der Waals surface area contributed by atoms with Crippen molar-refractivity contribution in [3.8, 4) is 10.6 Å². The van der Waals surface area contributed by atoms with Crippen molar-refractivity contribution >= 4 is 39.0 Å². The number of pyridine rings is 2. The molecule has 146 valence electrons. The third-order valence-corrected chi connectivity index (χ3v) is 5.65. The maximum absolute atomic E-state index is 13.7. The standard InChI is InChI=1S/C23H15FN4OS/c24-17-5-3-9-25-20(17)12-26-22(29)21-13-30-23(28-21)16-8-7-15-10-14-4-1-2-6-18(14)27-19(15)11-16/h1-11,13H,12H2,(H,26,29). The number of rotatable bonds is 4. The quantitative estimate of drug-likeness (QED) is 0.422. The van der Waals surface area contributed by atoms with Gasteiger partial charge in [-0.25, -0.2) is 14.4 Å². The number of fused-ring (bicyclic) bond motifs is 2. The van der Waals surface area contributed by atoms with Crippen LogP contribution in [0.5, 0.6) is 0 Å². The maximum Gasteiger partial charge on any atom is 0.271 e. The second-order valence-electron chi connectivity index (χ2n) is 6.74. The Bertz CT molecular complexity index is 1400. The molecule has 0 aliphatic heterocycles. The molecule has 0 radical (unpaired) electrons. The van der Waals surface area contributed by atoms with E-state index in [1.54, 1.807) is 5.38 Å². The normalized spacial score (nSPS) is 11.1. The lowest BCUT2D eigenvalue weighted by atomic mass is 10.1. The van der Waals surface area contributed by atoms with Gasteiger partial charge < -0.3 is 5.32 Å². The molecule has 1 amide bonds. The highest BCUT2D eigenvalue weighted by Crippen LogP contribution is 2.28. The molecule has 3 heterocycles. The Labute approximate surface area is 175 Å². The molecule has 3 aromatic heterocycles. The van der Waals surface area contributed by atoms with Crippen LogP contribution in [0.3, 0.4) is 0 Å². The third-order valence-electron chi connectivity index (χ3n) is 4.75. The molecule has 0 saturated carbocycles. The average molecular weight is 414 g/mol. The van der Waals surface area contributed by atoms with Gasteiger partial charge >= 0.3 is 0 Å². The highest BCUT2D eigenvalue weighted by atomic mass is 32.1. The third kappa shape index (κ3) is 3.51. The fourth-order valence-electron chi connectivity index (χ4n) is 3.22. The summed E-state index contributed by atoms with van der Waals surface area (Å²) in [6, 6.07) is 18.9. The molecule has 2 aromatic carbocycles. The number of carbonyl (C=O) groups is 1. The van der Waals surface area contributed by atoms with Gasteiger partial charge in [-0.15, -0.1) is 11.3 Å². The predicted molar refractivity (Wildman–Crippen MR) is 116 cm³/mol. The van der Waals surface area contributed by atoms with Gasteiger partial charge in [0.1, 0.15) is 16.5 Å². The van der Waals surface area contributed by atoms with Crippen LogP contribution in [-0.2, 0) is 6.54 Å². The van der Waals surface area contributed by atoms with E-state index < -0.39 is 5.82 Å². The van der Waals surface area contributed by atoms with Gasteiger partial charge in [0.2, 0.25) is 0 Å². The molecule has 0 aliphatic carbocycles. The van der Waals surface area contributed by atoms with Crippen molar-refractivity contribution in [2.45, 2.75) is 6.54 Å². The first kappa shape index (κ1) is 18.3. The van der Waals surface area contributed by atoms with Crippen LogP contribution in [-0.4, -0.2) is 20.9 Å². The second kappa shape index (κ2) is 7.61. The van der Waals surface area contributed by atoms with Crippen molar-refractivity contribution in [3.05, 3.63) is 89.4 Å². The number of benzene rings is 2. The SMILES string of the molecule is O=C(NCc1ncccc1F)c1csc(-c2ccc3cc4ccccc4nc3c2)n1. The highest BCUT2D eigenvalue weighted by Gasteiger charge is 2.13. The van der Waals surface area contributed by atoms with Crippen molar-refractivity contribution in [3.63, 3.8) is 0 Å². The first-order valence-electron chi connectivity index (χ1n) is 9.30. The number of amides is 1. The Balaban J connectivity index is 1.39. The van der Waals surface area contributed by atoms with Crippen LogP contribution in [0.25, 0.3) is 32.4 Å². The van der Waals surface area contributed by atoms with E-state index >= 15 is 0 Å². The van der Waals surface area contributed by atoms with Crippen molar-refractivity contribution in [2.24, 2.45) is 0 Å². The topological polar surface area (TPSA) is 67.8 Å². The number of hydrogen-bond donors (Lipinski definition) is 1. The number of aromatic nitrogens is 3. The van der Waals surface area contributed by atoms with Gasteiger partial charge in [-0.3, -0.25) is 9.78 Å². The summed E-state index contributed by atoms with van der Waals surface area (Å²) in [4.78, 5) is 25.5. The summed E-state index contributed by atoms with van der Waals surface area (Å²) in [5.41, 5.74) is 3.18. The second-order valence-corrected chi connectivity index (χ2v) is 7.60. The highest BCUT2D eigenvalue weighted by molar-refractivity contribution is 7.13. The number of nitrogens with zero attached hydrogens (tertiary/aromatic N) is 3. The lowest BCUT2D eigenvalue weighted by molar-refractivity contribution is 0.0946. The zero-order chi connectivity index (χ0) is 20.5. The number of carbonyl (C=O) groups excluding carboxylic acids is 1. The van der Waals surface area contributed by atoms with Crippen molar-refractivity contribution < 1.29 is 9.18 Å². The molecule has 0 saturated heterocycles. The van der Waals surface area contributed by atoms with Crippen LogP contribution in [0.4, 0.5) is 4.39 Å². The molecule has 5 rings (SSSR count). The van der Waals surface area contributed by atoms with Gasteiger partial charge in [0.15, 0.2) is 0 Å². The van der Waals surface area contributed by atoms with Crippen LogP contribution in [0.1, 0.15) is 16.2 Å². The van der Waals surface area contributed by atoms with Crippen LogP contribution in [0.2, 0.25) is 0 Å². The molecule has 5 nitrogen and oxygen atoms in total. The molecule has 0 aliphatic rings. The van der Waals surface area contributed by atoms with E-state index in [1.807, 2.05) is 42.5 Å². The van der Waals surface area contributed by atoms with Gasteiger partial charge in [0.05, 0.1) is 23.3 Å². The number of thiazole rings is 1. The largest absolute Gasteiger partial charge is 0.345 e. The van der Waals surface area contributed by atoms with Crippen molar-refractivity contribution in [1.29, 1.82) is 0 Å². The minimum absolute atomic E-state index is 0.00529. The summed E-state index contributed by atoms with van der Waals surface area (Å²) >= 11 is 1.38. The lowest BCUT2D eigenvalue weighted by Crippen LogP contribution is -2.24. The first-order valence-corrected chi connectivity index (χ1v) is 10.2. The maximum atomic E-state index is 13.7. The Morgan fingerprint density at radius 2 is 1.83 bits per heavy atom. The van der Waals surface area contributed by atoms with Gasteiger partial charge in [0.25, 0.3) is 5.91 Å². The summed E-state index contributed by atoms with van der Waals surface area (Å²) in [6.07, 6.45) is 1.49. The summed E-state index contributed by atoms with van der Waals surface area (Å²) in [7, 11) is 0. The fourth-order valence-corrected chi connectivity index (χ4v) is 4.02. The number of nitrogens with one attached hydrogen (secondary N) is 1. The molecule has 30 heavy (non-hydrogen) atoms. The molecule has 0 atom stereocenters. The van der Waals surface area contributed by atoms with Crippen molar-refractivity contribution in [2.75, 3.05) is 0 Å². The van der Waals surface area contributed by atoms with Gasteiger partial charge in [-0.1, -0.05) is 30.3 Å². The Kier molecular flexibility index (Phi) is 4.65. The van der Waals surface area contributed by atoms with E-state index in [0.29, 0.717) is 0 Å². The average Bonchev–Trinajstić information content (AvgIpc) is 3.27. The van der Waals surface area contributed by atoms with Crippen LogP contribution in [0, 0.1) is 5.82 Å². The molecule has 0 spiro atoms. The van der Waals surface area contributed by atoms with Crippen LogP contribution >= 0.6 is 11.3 Å². The predicted octanol–water partition coefficient (Wildman–Crippen LogP) is 4.98. The van der Waals surface area contributed by atoms with Gasteiger partial charge in [-0.05, 0) is 30.3 Å². The molecular weight excluding hydrogens is 399 g/mol. The summed E-state index contributed by atoms with van der Waals surface area (Å²) < 4.78 is 13.7. The first-order chi connectivity index (χ1) is 14.7. The molecule has 5 aromatic rings. The zero-order valence-electron chi connectivity index (χ0n) is 15.7. The van der Waals surface area contributed by atoms with Crippen LogP contribution in [0.15, 0.2) is 72.2 Å². The van der Waals surface area contributed by atoms with Crippen LogP contribution < -0.4 is 5.32 Å². The zero-order valence-corrected chi connectivity index (χ0v) is 16.5. The Hall–Kier alpha value is -3.71. The van der Waals surface area contributed by atoms with E-state index in [0.717, 1.165) is 32.4 Å². The molecular formula is C23H15FN4OS. The summed E-state index contributed by atoms with van der Waals surface area (Å²) in [5.74, 6) is -0.819. The number of halogens is 1. The minimum atomic E-state index is -0.451. The summed E-state index contributed by atoms with van der Waals surface area (Å²) in [6.45, 7) is 0.00529. The monoisotopic (exact) mass is 414 g/mol. The fraction of sp³-hybridized carbons (Fsp3) is 0.0435.